The zero-order chi connectivity index (χ0) is 10.4. The van der Waals surface area contributed by atoms with E-state index in [0.29, 0.717) is 10.8 Å². The van der Waals surface area contributed by atoms with Crippen LogP contribution >= 0.6 is 11.8 Å². The fraction of sp³-hybridized carbons (Fsp3) is 0.250. The van der Waals surface area contributed by atoms with Crippen LogP contribution in [0.3, 0.4) is 0 Å². The number of carbonyl (C=O) groups is 1. The van der Waals surface area contributed by atoms with E-state index in [0.717, 1.165) is 0 Å². The molecule has 1 heterocycles. The van der Waals surface area contributed by atoms with E-state index in [1.807, 2.05) is 6.07 Å². The molecule has 0 amide bonds. The quantitative estimate of drug-likeness (QED) is 0.742. The zero-order valence-corrected chi connectivity index (χ0v) is 7.99. The highest BCUT2D eigenvalue weighted by Gasteiger charge is 2.05. The van der Waals surface area contributed by atoms with Gasteiger partial charge in [-0.2, -0.15) is 5.26 Å². The molecule has 0 aliphatic carbocycles. The van der Waals surface area contributed by atoms with Gasteiger partial charge in [-0.15, -0.1) is 11.8 Å². The minimum atomic E-state index is -0.861. The highest BCUT2D eigenvalue weighted by molar-refractivity contribution is 7.99. The van der Waals surface area contributed by atoms with Gasteiger partial charge in [-0.05, 0) is 0 Å². The average Bonchev–Trinajstić information content (AvgIpc) is 2.18. The predicted octanol–water partition coefficient (Wildman–Crippen LogP) is 0.915. The van der Waals surface area contributed by atoms with Gasteiger partial charge in [0.15, 0.2) is 5.69 Å². The van der Waals surface area contributed by atoms with Gasteiger partial charge in [0.25, 0.3) is 0 Å². The van der Waals surface area contributed by atoms with Crippen molar-refractivity contribution >= 4 is 17.7 Å². The van der Waals surface area contributed by atoms with Gasteiger partial charge in [0.05, 0.1) is 6.42 Å². The largest absolute Gasteiger partial charge is 0.481 e. The van der Waals surface area contributed by atoms with Gasteiger partial charge < -0.3 is 5.11 Å². The van der Waals surface area contributed by atoms with E-state index in [-0.39, 0.29) is 12.1 Å². The van der Waals surface area contributed by atoms with Crippen LogP contribution in [0.15, 0.2) is 17.4 Å². The maximum atomic E-state index is 10.2. The summed E-state index contributed by atoms with van der Waals surface area (Å²) in [6.07, 6.45) is 2.95. The number of carboxylic acid groups (broad SMARTS) is 1. The Morgan fingerprint density at radius 3 is 2.93 bits per heavy atom. The second kappa shape index (κ2) is 5.19. The molecule has 0 aliphatic heterocycles. The second-order valence-electron chi connectivity index (χ2n) is 2.31. The van der Waals surface area contributed by atoms with E-state index in [4.69, 9.17) is 10.4 Å². The first-order valence-electron chi connectivity index (χ1n) is 3.79. The Labute approximate surface area is 84.8 Å². The Morgan fingerprint density at radius 1 is 1.57 bits per heavy atom. The predicted molar refractivity (Wildman–Crippen MR) is 49.7 cm³/mol. The molecule has 0 aromatic carbocycles. The van der Waals surface area contributed by atoms with E-state index >= 15 is 0 Å². The van der Waals surface area contributed by atoms with Gasteiger partial charge >= 0.3 is 5.97 Å². The number of aliphatic carboxylic acids is 1. The van der Waals surface area contributed by atoms with Crippen LogP contribution in [0.25, 0.3) is 0 Å². The third-order valence-corrected chi connectivity index (χ3v) is 2.31. The van der Waals surface area contributed by atoms with Gasteiger partial charge in [-0.3, -0.25) is 4.79 Å². The summed E-state index contributed by atoms with van der Waals surface area (Å²) < 4.78 is 0. The van der Waals surface area contributed by atoms with Gasteiger partial charge in [0.2, 0.25) is 0 Å². The lowest BCUT2D eigenvalue weighted by Crippen LogP contribution is -1.97. The first-order chi connectivity index (χ1) is 6.74. The summed E-state index contributed by atoms with van der Waals surface area (Å²) in [6.45, 7) is 0. The molecule has 0 saturated heterocycles. The third kappa shape index (κ3) is 3.03. The van der Waals surface area contributed by atoms with Crippen LogP contribution in [-0.4, -0.2) is 26.8 Å². The van der Waals surface area contributed by atoms with Crippen molar-refractivity contribution in [3.05, 3.63) is 18.1 Å². The molecule has 0 fully saturated rings. The van der Waals surface area contributed by atoms with Gasteiger partial charge in [-0.25, -0.2) is 9.97 Å². The second-order valence-corrected chi connectivity index (χ2v) is 3.40. The molecular weight excluding hydrogens is 202 g/mol. The maximum absolute atomic E-state index is 10.2. The minimum Gasteiger partial charge on any atom is -0.481 e. The summed E-state index contributed by atoms with van der Waals surface area (Å²) in [7, 11) is 0. The third-order valence-electron chi connectivity index (χ3n) is 1.33. The summed E-state index contributed by atoms with van der Waals surface area (Å²) in [5.41, 5.74) is 0.239. The molecule has 0 unspecified atom stereocenters. The molecule has 0 saturated carbocycles. The Balaban J connectivity index is 2.59. The van der Waals surface area contributed by atoms with Crippen molar-refractivity contribution in [1.82, 2.24) is 9.97 Å². The van der Waals surface area contributed by atoms with Crippen molar-refractivity contribution in [1.29, 1.82) is 5.26 Å². The SMILES string of the molecule is N#Cc1nccnc1SCCC(=O)O. The van der Waals surface area contributed by atoms with Gasteiger partial charge in [0, 0.05) is 18.1 Å². The van der Waals surface area contributed by atoms with Crippen LogP contribution < -0.4 is 0 Å². The molecule has 0 radical (unpaired) electrons. The Hall–Kier alpha value is -1.61. The number of nitrogens with zero attached hydrogens (tertiary/aromatic N) is 3. The van der Waals surface area contributed by atoms with Crippen LogP contribution in [0.4, 0.5) is 0 Å². The highest BCUT2D eigenvalue weighted by atomic mass is 32.2. The standard InChI is InChI=1S/C8H7N3O2S/c9-5-6-8(11-3-2-10-6)14-4-1-7(12)13/h2-3H,1,4H2,(H,12,13). The number of carboxylic acids is 1. The van der Waals surface area contributed by atoms with Crippen LogP contribution in [0.5, 0.6) is 0 Å². The first kappa shape index (κ1) is 10.5. The van der Waals surface area contributed by atoms with E-state index in [9.17, 15) is 4.79 Å². The smallest absolute Gasteiger partial charge is 0.304 e. The van der Waals surface area contributed by atoms with E-state index in [2.05, 4.69) is 9.97 Å². The molecule has 0 spiro atoms. The number of hydrogen-bond acceptors (Lipinski definition) is 5. The summed E-state index contributed by atoms with van der Waals surface area (Å²) >= 11 is 1.22. The average molecular weight is 209 g/mol. The number of rotatable bonds is 4. The molecular formula is C8H7N3O2S. The first-order valence-corrected chi connectivity index (χ1v) is 4.78. The fourth-order valence-corrected chi connectivity index (χ4v) is 1.58. The molecule has 1 N–H and O–H groups in total. The van der Waals surface area contributed by atoms with Gasteiger partial charge in [-0.1, -0.05) is 0 Å². The molecule has 0 aliphatic rings. The lowest BCUT2D eigenvalue weighted by molar-refractivity contribution is -0.136. The van der Waals surface area contributed by atoms with E-state index in [1.54, 1.807) is 0 Å². The Bertz CT molecular complexity index is 375. The molecule has 1 aromatic rings. The van der Waals surface area contributed by atoms with Crippen molar-refractivity contribution in [2.75, 3.05) is 5.75 Å². The molecule has 0 bridgehead atoms. The van der Waals surface area contributed by atoms with Crippen LogP contribution in [0.1, 0.15) is 12.1 Å². The summed E-state index contributed by atoms with van der Waals surface area (Å²) in [5, 5.41) is 17.5. The zero-order valence-electron chi connectivity index (χ0n) is 7.17. The monoisotopic (exact) mass is 209 g/mol. The lowest BCUT2D eigenvalue weighted by Gasteiger charge is -1.98. The maximum Gasteiger partial charge on any atom is 0.304 e. The summed E-state index contributed by atoms with van der Waals surface area (Å²) in [4.78, 5) is 18.0. The van der Waals surface area contributed by atoms with Gasteiger partial charge in [0.1, 0.15) is 11.1 Å². The lowest BCUT2D eigenvalue weighted by atomic mass is 10.5. The fourth-order valence-electron chi connectivity index (χ4n) is 0.743. The Kier molecular flexibility index (Phi) is 3.88. The number of aromatic nitrogens is 2. The van der Waals surface area contributed by atoms with Crippen molar-refractivity contribution in [3.63, 3.8) is 0 Å². The molecule has 1 aromatic heterocycles. The van der Waals surface area contributed by atoms with Crippen LogP contribution in [-0.2, 0) is 4.79 Å². The molecule has 0 atom stereocenters. The van der Waals surface area contributed by atoms with Crippen molar-refractivity contribution in [2.24, 2.45) is 0 Å². The molecule has 6 heteroatoms. The Morgan fingerprint density at radius 2 is 2.29 bits per heavy atom. The van der Waals surface area contributed by atoms with Crippen LogP contribution in [0.2, 0.25) is 0 Å². The molecule has 72 valence electrons. The number of hydrogen-bond donors (Lipinski definition) is 1. The summed E-state index contributed by atoms with van der Waals surface area (Å²) in [5.74, 6) is -0.470. The molecule has 14 heavy (non-hydrogen) atoms. The number of nitriles is 1. The minimum absolute atomic E-state index is 0.0477. The normalized spacial score (nSPS) is 9.36. The van der Waals surface area contributed by atoms with Crippen molar-refractivity contribution < 1.29 is 9.90 Å². The van der Waals surface area contributed by atoms with E-state index in [1.165, 1.54) is 24.2 Å². The molecule has 1 rings (SSSR count). The topological polar surface area (TPSA) is 86.9 Å². The highest BCUT2D eigenvalue weighted by Crippen LogP contribution is 2.17. The van der Waals surface area contributed by atoms with Crippen molar-refractivity contribution in [3.8, 4) is 6.07 Å². The molecule has 5 nitrogen and oxygen atoms in total. The van der Waals surface area contributed by atoms with Crippen molar-refractivity contribution in [2.45, 2.75) is 11.4 Å². The van der Waals surface area contributed by atoms with Crippen LogP contribution in [0, 0.1) is 11.3 Å². The van der Waals surface area contributed by atoms with E-state index < -0.39 is 5.97 Å². The number of thioether (sulfide) groups is 1. The summed E-state index contributed by atoms with van der Waals surface area (Å²) in [6, 6.07) is 1.89.